The largest absolute Gasteiger partial charge is 0.481 e. The zero-order valence-electron chi connectivity index (χ0n) is 7.93. The van der Waals surface area contributed by atoms with Crippen molar-refractivity contribution >= 4 is 5.97 Å². The average Bonchev–Trinajstić information content (AvgIpc) is 2.49. The van der Waals surface area contributed by atoms with Crippen molar-refractivity contribution in [3.05, 3.63) is 17.5 Å². The molecule has 0 saturated heterocycles. The molecule has 2 heterocycles. The Balaban J connectivity index is 2.27. The number of rotatable bonds is 2. The van der Waals surface area contributed by atoms with E-state index in [0.29, 0.717) is 6.61 Å². The summed E-state index contributed by atoms with van der Waals surface area (Å²) in [7, 11) is 1.86. The number of hydrogen-bond acceptors (Lipinski definition) is 3. The van der Waals surface area contributed by atoms with Gasteiger partial charge < -0.3 is 9.84 Å². The third kappa shape index (κ3) is 1.50. The van der Waals surface area contributed by atoms with Crippen LogP contribution in [0.15, 0.2) is 6.20 Å². The number of carbonyl (C=O) groups is 1. The Morgan fingerprint density at radius 1 is 1.86 bits per heavy atom. The summed E-state index contributed by atoms with van der Waals surface area (Å²) in [5.41, 5.74) is 2.00. The summed E-state index contributed by atoms with van der Waals surface area (Å²) in [6, 6.07) is 0. The zero-order valence-corrected chi connectivity index (χ0v) is 7.93. The Kier molecular flexibility index (Phi) is 2.25. The van der Waals surface area contributed by atoms with E-state index in [9.17, 15) is 4.79 Å². The molecule has 0 bridgehead atoms. The lowest BCUT2D eigenvalue weighted by Gasteiger charge is -2.21. The molecule has 1 aliphatic rings. The Morgan fingerprint density at radius 2 is 2.64 bits per heavy atom. The molecular weight excluding hydrogens is 184 g/mol. The summed E-state index contributed by atoms with van der Waals surface area (Å²) in [4.78, 5) is 10.6. The number of aryl methyl sites for hydroxylation is 1. The normalized spacial score (nSPS) is 20.5. The van der Waals surface area contributed by atoms with Crippen LogP contribution in [0.2, 0.25) is 0 Å². The van der Waals surface area contributed by atoms with Crippen LogP contribution in [0.25, 0.3) is 0 Å². The van der Waals surface area contributed by atoms with Crippen molar-refractivity contribution in [2.75, 3.05) is 6.61 Å². The first kappa shape index (κ1) is 9.21. The minimum Gasteiger partial charge on any atom is -0.481 e. The van der Waals surface area contributed by atoms with Gasteiger partial charge in [-0.1, -0.05) is 0 Å². The summed E-state index contributed by atoms with van der Waals surface area (Å²) in [6.45, 7) is 0.574. The van der Waals surface area contributed by atoms with Crippen molar-refractivity contribution in [3.8, 4) is 0 Å². The summed E-state index contributed by atoms with van der Waals surface area (Å²) < 4.78 is 7.18. The highest BCUT2D eigenvalue weighted by Gasteiger charge is 2.25. The Hall–Kier alpha value is -1.36. The van der Waals surface area contributed by atoms with Gasteiger partial charge in [0.05, 0.1) is 25.3 Å². The maximum Gasteiger partial charge on any atom is 0.306 e. The first-order valence-electron chi connectivity index (χ1n) is 4.52. The van der Waals surface area contributed by atoms with Crippen molar-refractivity contribution in [1.82, 2.24) is 9.78 Å². The molecule has 1 aromatic heterocycles. The predicted octanol–water partition coefficient (Wildman–Crippen LogP) is 0.509. The van der Waals surface area contributed by atoms with E-state index >= 15 is 0 Å². The molecule has 0 amide bonds. The molecular formula is C9H12N2O3. The summed E-state index contributed by atoms with van der Waals surface area (Å²) >= 11 is 0. The lowest BCUT2D eigenvalue weighted by molar-refractivity contribution is -0.140. The number of hydrogen-bond donors (Lipinski definition) is 1. The number of fused-ring (bicyclic) bond motifs is 1. The molecule has 0 spiro atoms. The topological polar surface area (TPSA) is 64.4 Å². The van der Waals surface area contributed by atoms with Gasteiger partial charge in [0.25, 0.3) is 0 Å². The molecule has 0 radical (unpaired) electrons. The van der Waals surface area contributed by atoms with Gasteiger partial charge in [-0.3, -0.25) is 9.48 Å². The van der Waals surface area contributed by atoms with Gasteiger partial charge in [0.1, 0.15) is 0 Å². The fourth-order valence-corrected chi connectivity index (χ4v) is 1.77. The van der Waals surface area contributed by atoms with E-state index in [2.05, 4.69) is 5.10 Å². The molecule has 1 aliphatic heterocycles. The Morgan fingerprint density at radius 3 is 3.36 bits per heavy atom. The van der Waals surface area contributed by atoms with Gasteiger partial charge in [0.15, 0.2) is 0 Å². The second kappa shape index (κ2) is 3.42. The van der Waals surface area contributed by atoms with Gasteiger partial charge in [-0.25, -0.2) is 0 Å². The highest BCUT2D eigenvalue weighted by Crippen LogP contribution is 2.28. The van der Waals surface area contributed by atoms with Crippen molar-refractivity contribution in [2.45, 2.75) is 18.9 Å². The van der Waals surface area contributed by atoms with Crippen molar-refractivity contribution in [3.63, 3.8) is 0 Å². The molecule has 5 heteroatoms. The van der Waals surface area contributed by atoms with Gasteiger partial charge in [-0.05, 0) is 0 Å². The van der Waals surface area contributed by atoms with E-state index in [1.807, 2.05) is 7.05 Å². The van der Waals surface area contributed by atoms with Gasteiger partial charge in [-0.2, -0.15) is 5.10 Å². The van der Waals surface area contributed by atoms with Crippen LogP contribution in [0.5, 0.6) is 0 Å². The van der Waals surface area contributed by atoms with E-state index in [1.165, 1.54) is 0 Å². The standard InChI is InChI=1S/C9H12N2O3/c1-11-7-2-3-14-8(4-9(12)13)6(7)5-10-11/h5,8H,2-4H2,1H3,(H,12,13)/t8-/m1/s1. The molecule has 0 aromatic carbocycles. The Bertz CT molecular complexity index is 359. The minimum absolute atomic E-state index is 0.0126. The summed E-state index contributed by atoms with van der Waals surface area (Å²) in [5.74, 6) is -0.841. The van der Waals surface area contributed by atoms with Crippen LogP contribution in [-0.4, -0.2) is 27.5 Å². The second-order valence-electron chi connectivity index (χ2n) is 3.38. The molecule has 2 rings (SSSR count). The highest BCUT2D eigenvalue weighted by atomic mass is 16.5. The molecule has 14 heavy (non-hydrogen) atoms. The van der Waals surface area contributed by atoms with E-state index in [0.717, 1.165) is 17.7 Å². The van der Waals surface area contributed by atoms with E-state index in [4.69, 9.17) is 9.84 Å². The van der Waals surface area contributed by atoms with Gasteiger partial charge in [0.2, 0.25) is 0 Å². The van der Waals surface area contributed by atoms with E-state index in [1.54, 1.807) is 10.9 Å². The number of aromatic nitrogens is 2. The zero-order chi connectivity index (χ0) is 10.1. The molecule has 76 valence electrons. The molecule has 1 N–H and O–H groups in total. The van der Waals surface area contributed by atoms with Crippen LogP contribution in [0.1, 0.15) is 23.8 Å². The van der Waals surface area contributed by atoms with Crippen LogP contribution in [0.4, 0.5) is 0 Å². The van der Waals surface area contributed by atoms with Crippen LogP contribution < -0.4 is 0 Å². The maximum atomic E-state index is 10.6. The minimum atomic E-state index is -0.841. The van der Waals surface area contributed by atoms with Gasteiger partial charge in [0, 0.05) is 24.7 Å². The summed E-state index contributed by atoms with van der Waals surface area (Å²) in [5, 5.41) is 12.8. The predicted molar refractivity (Wildman–Crippen MR) is 47.9 cm³/mol. The lowest BCUT2D eigenvalue weighted by Crippen LogP contribution is -2.19. The number of ether oxygens (including phenoxy) is 1. The van der Waals surface area contributed by atoms with Crippen LogP contribution in [-0.2, 0) is 23.0 Å². The van der Waals surface area contributed by atoms with Crippen molar-refractivity contribution in [1.29, 1.82) is 0 Å². The van der Waals surface area contributed by atoms with Crippen molar-refractivity contribution in [2.24, 2.45) is 7.05 Å². The number of carboxylic acid groups (broad SMARTS) is 1. The van der Waals surface area contributed by atoms with Gasteiger partial charge >= 0.3 is 5.97 Å². The second-order valence-corrected chi connectivity index (χ2v) is 3.38. The maximum absolute atomic E-state index is 10.6. The smallest absolute Gasteiger partial charge is 0.306 e. The Labute approximate surface area is 81.3 Å². The van der Waals surface area contributed by atoms with Crippen LogP contribution >= 0.6 is 0 Å². The number of aliphatic carboxylic acids is 1. The first-order chi connectivity index (χ1) is 6.68. The molecule has 1 atom stereocenters. The van der Waals surface area contributed by atoms with Crippen molar-refractivity contribution < 1.29 is 14.6 Å². The molecule has 0 unspecified atom stereocenters. The fraction of sp³-hybridized carbons (Fsp3) is 0.556. The summed E-state index contributed by atoms with van der Waals surface area (Å²) in [6.07, 6.45) is 2.19. The monoisotopic (exact) mass is 196 g/mol. The molecule has 0 saturated carbocycles. The number of nitrogens with zero attached hydrogens (tertiary/aromatic N) is 2. The van der Waals surface area contributed by atoms with Crippen LogP contribution in [0.3, 0.4) is 0 Å². The lowest BCUT2D eigenvalue weighted by atomic mass is 10.0. The number of carboxylic acids is 1. The highest BCUT2D eigenvalue weighted by molar-refractivity contribution is 5.67. The third-order valence-corrected chi connectivity index (χ3v) is 2.46. The first-order valence-corrected chi connectivity index (χ1v) is 4.52. The average molecular weight is 196 g/mol. The van der Waals surface area contributed by atoms with E-state index in [-0.39, 0.29) is 12.5 Å². The van der Waals surface area contributed by atoms with Gasteiger partial charge in [-0.15, -0.1) is 0 Å². The van der Waals surface area contributed by atoms with Crippen LogP contribution in [0, 0.1) is 0 Å². The molecule has 0 fully saturated rings. The molecule has 0 aliphatic carbocycles. The van der Waals surface area contributed by atoms with E-state index < -0.39 is 5.97 Å². The molecule has 1 aromatic rings. The third-order valence-electron chi connectivity index (χ3n) is 2.46. The fourth-order valence-electron chi connectivity index (χ4n) is 1.77. The quantitative estimate of drug-likeness (QED) is 0.748. The SMILES string of the molecule is Cn1ncc2c1CCO[C@@H]2CC(=O)O. The molecule has 5 nitrogen and oxygen atoms in total.